The van der Waals surface area contributed by atoms with Crippen LogP contribution in [-0.4, -0.2) is 33.4 Å². The number of hydrogen-bond donors (Lipinski definition) is 0. The predicted molar refractivity (Wildman–Crippen MR) is 80.5 cm³/mol. The van der Waals surface area contributed by atoms with E-state index in [9.17, 15) is 9.59 Å². The lowest BCUT2D eigenvalue weighted by atomic mass is 10.1. The van der Waals surface area contributed by atoms with Gasteiger partial charge >= 0.3 is 5.97 Å². The second-order valence-corrected chi connectivity index (χ2v) is 5.05. The van der Waals surface area contributed by atoms with Crippen LogP contribution in [0.15, 0.2) is 30.3 Å². The Bertz CT molecular complexity index is 650. The molecule has 1 aromatic carbocycles. The van der Waals surface area contributed by atoms with E-state index in [4.69, 9.17) is 4.74 Å². The maximum Gasteiger partial charge on any atom is 0.327 e. The monoisotopic (exact) mass is 301 g/mol. The van der Waals surface area contributed by atoms with Crippen LogP contribution >= 0.6 is 0 Å². The molecule has 1 aromatic heterocycles. The van der Waals surface area contributed by atoms with Gasteiger partial charge in [-0.3, -0.25) is 9.59 Å². The second-order valence-electron chi connectivity index (χ2n) is 5.05. The average Bonchev–Trinajstić information content (AvgIpc) is 2.86. The number of benzene rings is 1. The van der Waals surface area contributed by atoms with E-state index in [2.05, 4.69) is 10.3 Å². The van der Waals surface area contributed by atoms with Gasteiger partial charge in [-0.2, -0.15) is 0 Å². The van der Waals surface area contributed by atoms with Crippen LogP contribution in [0.3, 0.4) is 0 Å². The van der Waals surface area contributed by atoms with Crippen molar-refractivity contribution in [3.05, 3.63) is 47.3 Å². The minimum Gasteiger partial charge on any atom is -0.464 e. The molecule has 2 rings (SSSR count). The molecule has 0 atom stereocenters. The van der Waals surface area contributed by atoms with E-state index in [-0.39, 0.29) is 24.0 Å². The Hall–Kier alpha value is -2.50. The highest BCUT2D eigenvalue weighted by Crippen LogP contribution is 2.05. The van der Waals surface area contributed by atoms with Crippen molar-refractivity contribution in [1.82, 2.24) is 15.0 Å². The van der Waals surface area contributed by atoms with Crippen molar-refractivity contribution in [2.24, 2.45) is 0 Å². The zero-order valence-electron chi connectivity index (χ0n) is 12.8. The van der Waals surface area contributed by atoms with Gasteiger partial charge in [-0.25, -0.2) is 4.68 Å². The number of aromatic nitrogens is 3. The third-order valence-electron chi connectivity index (χ3n) is 3.31. The summed E-state index contributed by atoms with van der Waals surface area (Å²) in [5, 5.41) is 7.56. The van der Waals surface area contributed by atoms with Crippen LogP contribution < -0.4 is 0 Å². The van der Waals surface area contributed by atoms with Crippen molar-refractivity contribution in [3.63, 3.8) is 0 Å². The number of ether oxygens (including phenoxy) is 1. The maximum absolute atomic E-state index is 11.8. The quantitative estimate of drug-likeness (QED) is 0.444. The minimum atomic E-state index is -0.379. The van der Waals surface area contributed by atoms with E-state index < -0.39 is 0 Å². The van der Waals surface area contributed by atoms with E-state index in [1.165, 1.54) is 17.2 Å². The fourth-order valence-corrected chi connectivity index (χ4v) is 2.11. The molecule has 0 unspecified atom stereocenters. The van der Waals surface area contributed by atoms with E-state index in [1.54, 1.807) is 6.92 Å². The van der Waals surface area contributed by atoms with Crippen molar-refractivity contribution in [2.75, 3.05) is 6.61 Å². The summed E-state index contributed by atoms with van der Waals surface area (Å²) in [5.41, 5.74) is 2.09. The minimum absolute atomic E-state index is 0.0303. The topological polar surface area (TPSA) is 74.1 Å². The first kappa shape index (κ1) is 15.9. The molecule has 0 spiro atoms. The molecule has 0 aliphatic rings. The summed E-state index contributed by atoms with van der Waals surface area (Å²) < 4.78 is 6.57. The molecule has 0 saturated heterocycles. The lowest BCUT2D eigenvalue weighted by molar-refractivity contribution is -0.144. The van der Waals surface area contributed by atoms with Gasteiger partial charge in [-0.05, 0) is 25.3 Å². The summed E-state index contributed by atoms with van der Waals surface area (Å²) in [7, 11) is 0. The Labute approximate surface area is 129 Å². The van der Waals surface area contributed by atoms with Crippen LogP contribution in [-0.2, 0) is 22.5 Å². The lowest BCUT2D eigenvalue weighted by Gasteiger charge is -2.06. The Morgan fingerprint density at radius 3 is 2.59 bits per heavy atom. The van der Waals surface area contributed by atoms with Gasteiger partial charge in [0.15, 0.2) is 11.5 Å². The largest absolute Gasteiger partial charge is 0.464 e. The molecular formula is C16H19N3O3. The third kappa shape index (κ3) is 4.25. The van der Waals surface area contributed by atoms with Crippen LogP contribution in [0.25, 0.3) is 0 Å². The molecule has 2 aromatic rings. The maximum atomic E-state index is 11.8. The molecule has 0 amide bonds. The van der Waals surface area contributed by atoms with Gasteiger partial charge < -0.3 is 4.74 Å². The number of ketones is 1. The van der Waals surface area contributed by atoms with Crippen LogP contribution in [0, 0.1) is 6.92 Å². The van der Waals surface area contributed by atoms with Crippen LogP contribution in [0.4, 0.5) is 0 Å². The summed E-state index contributed by atoms with van der Waals surface area (Å²) in [6, 6.07) is 10.0. The molecule has 0 aliphatic carbocycles. The lowest BCUT2D eigenvalue weighted by Crippen LogP contribution is -2.16. The number of aryl methyl sites for hydroxylation is 1. The molecule has 0 saturated carbocycles. The van der Waals surface area contributed by atoms with Gasteiger partial charge in [-0.1, -0.05) is 35.5 Å². The third-order valence-corrected chi connectivity index (χ3v) is 3.31. The zero-order chi connectivity index (χ0) is 15.9. The van der Waals surface area contributed by atoms with E-state index in [1.807, 2.05) is 30.3 Å². The van der Waals surface area contributed by atoms with Crippen molar-refractivity contribution in [3.8, 4) is 0 Å². The number of rotatable bonds is 7. The van der Waals surface area contributed by atoms with E-state index in [0.717, 1.165) is 12.8 Å². The highest BCUT2D eigenvalue weighted by Gasteiger charge is 2.15. The van der Waals surface area contributed by atoms with Gasteiger partial charge in [0.25, 0.3) is 0 Å². The number of nitrogens with zero attached hydrogens (tertiary/aromatic N) is 3. The van der Waals surface area contributed by atoms with E-state index in [0.29, 0.717) is 12.3 Å². The Morgan fingerprint density at radius 1 is 1.23 bits per heavy atom. The molecule has 6 heteroatoms. The summed E-state index contributed by atoms with van der Waals surface area (Å²) in [5.74, 6) is -0.545. The smallest absolute Gasteiger partial charge is 0.327 e. The molecule has 0 bridgehead atoms. The predicted octanol–water partition coefficient (Wildman–Crippen LogP) is 1.97. The van der Waals surface area contributed by atoms with Crippen LogP contribution in [0.2, 0.25) is 0 Å². The summed E-state index contributed by atoms with van der Waals surface area (Å²) in [6.45, 7) is 3.46. The average molecular weight is 301 g/mol. The standard InChI is InChI=1S/C16H19N3O3/c1-12-16(13(2)20)17-18-19(12)11-15(21)22-10-6-9-14-7-4-3-5-8-14/h3-5,7-8H,6,9-11H2,1-2H3. The van der Waals surface area contributed by atoms with Gasteiger partial charge in [0.1, 0.15) is 6.54 Å². The number of carbonyl (C=O) groups is 2. The van der Waals surface area contributed by atoms with Crippen LogP contribution in [0.5, 0.6) is 0 Å². The first-order valence-corrected chi connectivity index (χ1v) is 7.18. The van der Waals surface area contributed by atoms with Crippen molar-refractivity contribution >= 4 is 11.8 Å². The Kier molecular flexibility index (Phi) is 5.41. The molecule has 116 valence electrons. The Morgan fingerprint density at radius 2 is 1.95 bits per heavy atom. The molecule has 0 aliphatic heterocycles. The number of Topliss-reactive ketones (excluding diaryl/α,β-unsaturated/α-hetero) is 1. The van der Waals surface area contributed by atoms with Crippen LogP contribution in [0.1, 0.15) is 35.1 Å². The normalized spacial score (nSPS) is 10.5. The summed E-state index contributed by atoms with van der Waals surface area (Å²) >= 11 is 0. The molecule has 0 fully saturated rings. The highest BCUT2D eigenvalue weighted by atomic mass is 16.5. The number of carbonyl (C=O) groups excluding carboxylic acids is 2. The fraction of sp³-hybridized carbons (Fsp3) is 0.375. The first-order valence-electron chi connectivity index (χ1n) is 7.18. The molecule has 1 heterocycles. The number of esters is 1. The van der Waals surface area contributed by atoms with Crippen molar-refractivity contribution in [2.45, 2.75) is 33.2 Å². The summed E-state index contributed by atoms with van der Waals surface area (Å²) in [6.07, 6.45) is 1.63. The van der Waals surface area contributed by atoms with Crippen molar-refractivity contribution in [1.29, 1.82) is 0 Å². The molecule has 6 nitrogen and oxygen atoms in total. The Balaban J connectivity index is 1.75. The van der Waals surface area contributed by atoms with Gasteiger partial charge in [0.05, 0.1) is 12.3 Å². The number of hydrogen-bond acceptors (Lipinski definition) is 5. The molecular weight excluding hydrogens is 282 g/mol. The highest BCUT2D eigenvalue weighted by molar-refractivity contribution is 5.93. The van der Waals surface area contributed by atoms with Gasteiger partial charge in [-0.15, -0.1) is 5.10 Å². The molecule has 0 radical (unpaired) electrons. The fourth-order valence-electron chi connectivity index (χ4n) is 2.11. The molecule has 22 heavy (non-hydrogen) atoms. The van der Waals surface area contributed by atoms with E-state index >= 15 is 0 Å². The zero-order valence-corrected chi connectivity index (χ0v) is 12.8. The van der Waals surface area contributed by atoms with Crippen molar-refractivity contribution < 1.29 is 14.3 Å². The first-order chi connectivity index (χ1) is 10.6. The van der Waals surface area contributed by atoms with Gasteiger partial charge in [0.2, 0.25) is 0 Å². The summed E-state index contributed by atoms with van der Waals surface area (Å²) in [4.78, 5) is 23.0. The van der Waals surface area contributed by atoms with Gasteiger partial charge in [0, 0.05) is 6.92 Å². The SMILES string of the molecule is CC(=O)c1nnn(CC(=O)OCCCc2ccccc2)c1C. The second kappa shape index (κ2) is 7.49. The molecule has 0 N–H and O–H groups in total.